The summed E-state index contributed by atoms with van der Waals surface area (Å²) in [5, 5.41) is 5.07. The molecule has 0 atom stereocenters. The molecule has 15 heavy (non-hydrogen) atoms. The zero-order chi connectivity index (χ0) is 11.5. The van der Waals surface area contributed by atoms with E-state index >= 15 is 0 Å². The molecule has 84 valence electrons. The summed E-state index contributed by atoms with van der Waals surface area (Å²) in [5.74, 6) is -0.264. The largest absolute Gasteiger partial charge is 0.465 e. The van der Waals surface area contributed by atoms with Gasteiger partial charge >= 0.3 is 5.97 Å². The van der Waals surface area contributed by atoms with Crippen molar-refractivity contribution in [1.82, 2.24) is 5.32 Å². The summed E-state index contributed by atoms with van der Waals surface area (Å²) in [6, 6.07) is 1.90. The Morgan fingerprint density at radius 1 is 1.60 bits per heavy atom. The predicted molar refractivity (Wildman–Crippen MR) is 62.5 cm³/mol. The van der Waals surface area contributed by atoms with Crippen molar-refractivity contribution < 1.29 is 9.53 Å². The first-order valence-corrected chi connectivity index (χ1v) is 5.71. The summed E-state index contributed by atoms with van der Waals surface area (Å²) in [6.45, 7) is 4.26. The van der Waals surface area contributed by atoms with Crippen LogP contribution < -0.4 is 5.32 Å². The minimum atomic E-state index is -0.264. The first-order valence-electron chi connectivity index (χ1n) is 4.83. The van der Waals surface area contributed by atoms with E-state index in [4.69, 9.17) is 0 Å². The van der Waals surface area contributed by atoms with Crippen molar-refractivity contribution in [1.29, 1.82) is 0 Å². The Balaban J connectivity index is 2.73. The van der Waals surface area contributed by atoms with Crippen LogP contribution in [0.4, 0.5) is 0 Å². The van der Waals surface area contributed by atoms with Crippen molar-refractivity contribution in [3.05, 3.63) is 21.9 Å². The lowest BCUT2D eigenvalue weighted by molar-refractivity contribution is 0.0601. The number of methoxy groups -OCH3 is 1. The maximum Gasteiger partial charge on any atom is 0.338 e. The molecule has 1 aromatic rings. The Morgan fingerprint density at radius 3 is 2.80 bits per heavy atom. The molecule has 0 unspecified atom stereocenters. The number of hydrogen-bond acceptors (Lipinski definition) is 4. The van der Waals surface area contributed by atoms with Gasteiger partial charge in [0.1, 0.15) is 0 Å². The van der Waals surface area contributed by atoms with Gasteiger partial charge in [-0.3, -0.25) is 0 Å². The highest BCUT2D eigenvalue weighted by Crippen LogP contribution is 2.20. The number of ether oxygens (including phenoxy) is 1. The van der Waals surface area contributed by atoms with Crippen LogP contribution in [-0.2, 0) is 11.2 Å². The third kappa shape index (κ3) is 3.32. The van der Waals surface area contributed by atoms with E-state index in [0.717, 1.165) is 6.42 Å². The number of carbonyl (C=O) groups is 1. The standard InChI is InChI=1S/C11H17NO2S/c1-11(2,12-3)6-9-5-8(7-15-9)10(13)14-4/h5,7,12H,6H2,1-4H3. The average molecular weight is 227 g/mol. The molecule has 1 rings (SSSR count). The fourth-order valence-corrected chi connectivity index (χ4v) is 2.30. The molecule has 0 aliphatic rings. The van der Waals surface area contributed by atoms with E-state index in [1.807, 2.05) is 18.5 Å². The molecule has 0 saturated carbocycles. The third-order valence-electron chi connectivity index (χ3n) is 2.37. The number of rotatable bonds is 4. The van der Waals surface area contributed by atoms with Crippen LogP contribution in [0.2, 0.25) is 0 Å². The molecule has 0 aliphatic carbocycles. The molecule has 0 aliphatic heterocycles. The van der Waals surface area contributed by atoms with Gasteiger partial charge in [0, 0.05) is 15.8 Å². The van der Waals surface area contributed by atoms with E-state index in [2.05, 4.69) is 23.9 Å². The maximum absolute atomic E-state index is 11.2. The average Bonchev–Trinajstić information content (AvgIpc) is 2.64. The molecule has 1 N–H and O–H groups in total. The lowest BCUT2D eigenvalue weighted by atomic mass is 10.00. The van der Waals surface area contributed by atoms with Crippen LogP contribution in [0.25, 0.3) is 0 Å². The van der Waals surface area contributed by atoms with Crippen LogP contribution >= 0.6 is 11.3 Å². The normalized spacial score (nSPS) is 11.5. The number of thiophene rings is 1. The van der Waals surface area contributed by atoms with Gasteiger partial charge in [-0.15, -0.1) is 11.3 Å². The van der Waals surface area contributed by atoms with Gasteiger partial charge in [0.25, 0.3) is 0 Å². The summed E-state index contributed by atoms with van der Waals surface area (Å²) in [4.78, 5) is 12.4. The highest BCUT2D eigenvalue weighted by molar-refractivity contribution is 7.10. The van der Waals surface area contributed by atoms with Gasteiger partial charge in [-0.05, 0) is 33.4 Å². The monoisotopic (exact) mass is 227 g/mol. The van der Waals surface area contributed by atoms with Crippen LogP contribution in [0, 0.1) is 0 Å². The lowest BCUT2D eigenvalue weighted by Gasteiger charge is -2.22. The van der Waals surface area contributed by atoms with Gasteiger partial charge in [0.05, 0.1) is 12.7 Å². The molecule has 0 aromatic carbocycles. The molecular formula is C11H17NO2S. The molecule has 1 aromatic heterocycles. The summed E-state index contributed by atoms with van der Waals surface area (Å²) < 4.78 is 4.66. The molecule has 0 spiro atoms. The first kappa shape index (κ1) is 12.2. The van der Waals surface area contributed by atoms with Gasteiger partial charge in [-0.1, -0.05) is 0 Å². The molecule has 0 bridgehead atoms. The van der Waals surface area contributed by atoms with Gasteiger partial charge in [0.15, 0.2) is 0 Å². The number of esters is 1. The Morgan fingerprint density at radius 2 is 2.27 bits per heavy atom. The molecular weight excluding hydrogens is 210 g/mol. The molecule has 3 nitrogen and oxygen atoms in total. The minimum absolute atomic E-state index is 0.0538. The summed E-state index contributed by atoms with van der Waals surface area (Å²) in [6.07, 6.45) is 0.908. The fourth-order valence-electron chi connectivity index (χ4n) is 1.22. The zero-order valence-electron chi connectivity index (χ0n) is 9.59. The second-order valence-corrected chi connectivity index (χ2v) is 5.10. The van der Waals surface area contributed by atoms with Crippen molar-refractivity contribution in [2.45, 2.75) is 25.8 Å². The van der Waals surface area contributed by atoms with Crippen LogP contribution in [0.1, 0.15) is 29.1 Å². The van der Waals surface area contributed by atoms with Crippen molar-refractivity contribution in [3.63, 3.8) is 0 Å². The molecule has 0 saturated heterocycles. The Hall–Kier alpha value is -0.870. The highest BCUT2D eigenvalue weighted by atomic mass is 32.1. The lowest BCUT2D eigenvalue weighted by Crippen LogP contribution is -2.38. The van der Waals surface area contributed by atoms with Crippen LogP contribution in [0.5, 0.6) is 0 Å². The summed E-state index contributed by atoms with van der Waals surface area (Å²) >= 11 is 1.59. The summed E-state index contributed by atoms with van der Waals surface area (Å²) in [5.41, 5.74) is 0.697. The Labute approximate surface area is 94.5 Å². The maximum atomic E-state index is 11.2. The van der Waals surface area contributed by atoms with E-state index in [1.165, 1.54) is 12.0 Å². The van der Waals surface area contributed by atoms with Gasteiger partial charge in [-0.25, -0.2) is 4.79 Å². The molecule has 0 fully saturated rings. The number of nitrogens with one attached hydrogen (secondary N) is 1. The van der Waals surface area contributed by atoms with E-state index in [1.54, 1.807) is 11.3 Å². The second-order valence-electron chi connectivity index (χ2n) is 4.10. The minimum Gasteiger partial charge on any atom is -0.465 e. The van der Waals surface area contributed by atoms with E-state index < -0.39 is 0 Å². The van der Waals surface area contributed by atoms with Crippen molar-refractivity contribution in [2.24, 2.45) is 0 Å². The number of carbonyl (C=O) groups excluding carboxylic acids is 1. The third-order valence-corrected chi connectivity index (χ3v) is 3.30. The second kappa shape index (κ2) is 4.77. The first-order chi connectivity index (χ1) is 6.98. The van der Waals surface area contributed by atoms with Crippen molar-refractivity contribution in [2.75, 3.05) is 14.2 Å². The van der Waals surface area contributed by atoms with Gasteiger partial charge in [0.2, 0.25) is 0 Å². The SMILES string of the molecule is CNC(C)(C)Cc1cc(C(=O)OC)cs1. The van der Waals surface area contributed by atoms with Crippen LogP contribution in [-0.4, -0.2) is 25.7 Å². The fraction of sp³-hybridized carbons (Fsp3) is 0.545. The van der Waals surface area contributed by atoms with Gasteiger partial charge in [-0.2, -0.15) is 0 Å². The van der Waals surface area contributed by atoms with E-state index in [9.17, 15) is 4.79 Å². The summed E-state index contributed by atoms with van der Waals surface area (Å²) in [7, 11) is 3.34. The van der Waals surface area contributed by atoms with Crippen LogP contribution in [0.3, 0.4) is 0 Å². The van der Waals surface area contributed by atoms with E-state index in [0.29, 0.717) is 5.56 Å². The molecule has 4 heteroatoms. The zero-order valence-corrected chi connectivity index (χ0v) is 10.4. The van der Waals surface area contributed by atoms with Crippen molar-refractivity contribution in [3.8, 4) is 0 Å². The smallest absolute Gasteiger partial charge is 0.338 e. The Kier molecular flexibility index (Phi) is 3.88. The van der Waals surface area contributed by atoms with Gasteiger partial charge < -0.3 is 10.1 Å². The topological polar surface area (TPSA) is 38.3 Å². The molecule has 0 amide bonds. The predicted octanol–water partition coefficient (Wildman–Crippen LogP) is 2.08. The number of likely N-dealkylation sites (N-methyl/N-ethyl adjacent to an activating group) is 1. The molecule has 1 heterocycles. The quantitative estimate of drug-likeness (QED) is 0.800. The van der Waals surface area contributed by atoms with Crippen LogP contribution in [0.15, 0.2) is 11.4 Å². The van der Waals surface area contributed by atoms with E-state index in [-0.39, 0.29) is 11.5 Å². The van der Waals surface area contributed by atoms with Crippen molar-refractivity contribution >= 4 is 17.3 Å². The highest BCUT2D eigenvalue weighted by Gasteiger charge is 2.17. The Bertz CT molecular complexity index is 344. The number of hydrogen-bond donors (Lipinski definition) is 1. The molecule has 0 radical (unpaired) electrons.